The lowest BCUT2D eigenvalue weighted by Gasteiger charge is -2.30. The number of hydrogen-bond donors (Lipinski definition) is 1. The van der Waals surface area contributed by atoms with Crippen LogP contribution in [0.1, 0.15) is 64.6 Å². The Hall–Kier alpha value is -0.830. The van der Waals surface area contributed by atoms with Crippen molar-refractivity contribution in [2.75, 3.05) is 7.05 Å². The van der Waals surface area contributed by atoms with Gasteiger partial charge in [-0.05, 0) is 44.2 Å². The molecule has 1 atom stereocenters. The molecule has 1 unspecified atom stereocenters. The molecule has 1 saturated carbocycles. The Bertz CT molecular complexity index is 383. The van der Waals surface area contributed by atoms with Gasteiger partial charge in [0.05, 0.1) is 11.7 Å². The van der Waals surface area contributed by atoms with Gasteiger partial charge in [-0.15, -0.1) is 0 Å². The maximum absolute atomic E-state index is 4.77. The second-order valence-electron chi connectivity index (χ2n) is 6.97. The first kappa shape index (κ1) is 14.6. The summed E-state index contributed by atoms with van der Waals surface area (Å²) in [5.74, 6) is 0. The van der Waals surface area contributed by atoms with Gasteiger partial charge in [-0.1, -0.05) is 33.6 Å². The van der Waals surface area contributed by atoms with Gasteiger partial charge in [-0.25, -0.2) is 0 Å². The van der Waals surface area contributed by atoms with Crippen molar-refractivity contribution in [3.8, 4) is 0 Å². The summed E-state index contributed by atoms with van der Waals surface area (Å²) in [6.07, 6.45) is 9.75. The summed E-state index contributed by atoms with van der Waals surface area (Å²) in [4.78, 5) is 0. The number of nitrogens with zero attached hydrogens (tertiary/aromatic N) is 2. The van der Waals surface area contributed by atoms with Crippen molar-refractivity contribution in [2.45, 2.75) is 71.4 Å². The van der Waals surface area contributed by atoms with Crippen LogP contribution in [0.25, 0.3) is 0 Å². The number of rotatable bonds is 5. The molecule has 1 N–H and O–H groups in total. The van der Waals surface area contributed by atoms with Crippen molar-refractivity contribution in [3.05, 3.63) is 18.0 Å². The van der Waals surface area contributed by atoms with Crippen LogP contribution >= 0.6 is 0 Å². The zero-order chi connectivity index (χ0) is 13.9. The van der Waals surface area contributed by atoms with Crippen molar-refractivity contribution < 1.29 is 0 Å². The van der Waals surface area contributed by atoms with E-state index >= 15 is 0 Å². The first-order valence-corrected chi connectivity index (χ1v) is 7.72. The molecule has 0 aliphatic heterocycles. The SMILES string of the molecule is CNC(CCc1ccn(C2CCCC2)n1)C(C)(C)C. The number of aromatic nitrogens is 2. The third-order valence-corrected chi connectivity index (χ3v) is 4.45. The van der Waals surface area contributed by atoms with Crippen LogP contribution < -0.4 is 5.32 Å². The molecule has 0 bridgehead atoms. The molecule has 3 heteroatoms. The minimum absolute atomic E-state index is 0.308. The molecule has 3 nitrogen and oxygen atoms in total. The van der Waals surface area contributed by atoms with Crippen LogP contribution in [0.5, 0.6) is 0 Å². The van der Waals surface area contributed by atoms with E-state index in [2.05, 4.69) is 50.1 Å². The highest BCUT2D eigenvalue weighted by Gasteiger charge is 2.23. The van der Waals surface area contributed by atoms with E-state index in [4.69, 9.17) is 5.10 Å². The summed E-state index contributed by atoms with van der Waals surface area (Å²) >= 11 is 0. The average Bonchev–Trinajstić information content (AvgIpc) is 2.98. The molecule has 1 heterocycles. The summed E-state index contributed by atoms with van der Waals surface area (Å²) in [6.45, 7) is 6.89. The monoisotopic (exact) mass is 263 g/mol. The molecule has 0 amide bonds. The maximum Gasteiger partial charge on any atom is 0.0625 e. The molecule has 108 valence electrons. The van der Waals surface area contributed by atoms with Crippen LogP contribution in [0.3, 0.4) is 0 Å². The van der Waals surface area contributed by atoms with Crippen LogP contribution in [0, 0.1) is 5.41 Å². The topological polar surface area (TPSA) is 29.9 Å². The predicted octanol–water partition coefficient (Wildman–Crippen LogP) is 3.56. The highest BCUT2D eigenvalue weighted by Crippen LogP contribution is 2.29. The molecule has 1 aliphatic carbocycles. The van der Waals surface area contributed by atoms with Gasteiger partial charge in [0, 0.05) is 12.2 Å². The predicted molar refractivity (Wildman–Crippen MR) is 80.4 cm³/mol. The lowest BCUT2D eigenvalue weighted by Crippen LogP contribution is -2.38. The van der Waals surface area contributed by atoms with E-state index in [1.54, 1.807) is 0 Å². The van der Waals surface area contributed by atoms with Gasteiger partial charge < -0.3 is 5.32 Å². The van der Waals surface area contributed by atoms with Crippen molar-refractivity contribution in [2.24, 2.45) is 5.41 Å². The van der Waals surface area contributed by atoms with Gasteiger partial charge in [0.15, 0.2) is 0 Å². The smallest absolute Gasteiger partial charge is 0.0625 e. The normalized spacial score (nSPS) is 18.9. The van der Waals surface area contributed by atoms with E-state index < -0.39 is 0 Å². The minimum Gasteiger partial charge on any atom is -0.316 e. The third kappa shape index (κ3) is 3.82. The molecule has 19 heavy (non-hydrogen) atoms. The van der Waals surface area contributed by atoms with Gasteiger partial charge >= 0.3 is 0 Å². The van der Waals surface area contributed by atoms with Crippen LogP contribution in [-0.2, 0) is 6.42 Å². The van der Waals surface area contributed by atoms with E-state index in [0.29, 0.717) is 17.5 Å². The highest BCUT2D eigenvalue weighted by molar-refractivity contribution is 5.01. The Balaban J connectivity index is 1.89. The van der Waals surface area contributed by atoms with Gasteiger partial charge in [-0.2, -0.15) is 5.10 Å². The Morgan fingerprint density at radius 2 is 2.05 bits per heavy atom. The van der Waals surface area contributed by atoms with E-state index in [-0.39, 0.29) is 0 Å². The van der Waals surface area contributed by atoms with Crippen LogP contribution in [-0.4, -0.2) is 22.9 Å². The second kappa shape index (κ2) is 6.08. The Kier molecular flexibility index (Phi) is 4.67. The quantitative estimate of drug-likeness (QED) is 0.880. The lowest BCUT2D eigenvalue weighted by molar-refractivity contribution is 0.267. The summed E-state index contributed by atoms with van der Waals surface area (Å²) in [5, 5.41) is 8.21. The lowest BCUT2D eigenvalue weighted by atomic mass is 9.84. The minimum atomic E-state index is 0.308. The molecule has 1 aromatic rings. The van der Waals surface area contributed by atoms with Crippen LogP contribution in [0.2, 0.25) is 0 Å². The van der Waals surface area contributed by atoms with Gasteiger partial charge in [0.25, 0.3) is 0 Å². The largest absolute Gasteiger partial charge is 0.316 e. The van der Waals surface area contributed by atoms with E-state index in [1.165, 1.54) is 31.4 Å². The van der Waals surface area contributed by atoms with Crippen molar-refractivity contribution in [3.63, 3.8) is 0 Å². The maximum atomic E-state index is 4.77. The van der Waals surface area contributed by atoms with Gasteiger partial charge in [-0.3, -0.25) is 4.68 Å². The van der Waals surface area contributed by atoms with Crippen molar-refractivity contribution >= 4 is 0 Å². The first-order valence-electron chi connectivity index (χ1n) is 7.72. The van der Waals surface area contributed by atoms with E-state index in [0.717, 1.165) is 12.8 Å². The Labute approximate surface area is 117 Å². The zero-order valence-corrected chi connectivity index (χ0v) is 12.9. The third-order valence-electron chi connectivity index (χ3n) is 4.45. The number of hydrogen-bond acceptors (Lipinski definition) is 2. The molecule has 1 aromatic heterocycles. The molecule has 0 aromatic carbocycles. The van der Waals surface area contributed by atoms with Crippen LogP contribution in [0.15, 0.2) is 12.3 Å². The molecule has 1 aliphatic rings. The summed E-state index contributed by atoms with van der Waals surface area (Å²) in [6, 6.07) is 3.41. The van der Waals surface area contributed by atoms with E-state index in [1.807, 2.05) is 0 Å². The molecule has 0 spiro atoms. The summed E-state index contributed by atoms with van der Waals surface area (Å²) < 4.78 is 2.20. The Morgan fingerprint density at radius 1 is 1.37 bits per heavy atom. The summed E-state index contributed by atoms with van der Waals surface area (Å²) in [7, 11) is 2.06. The molecular formula is C16H29N3. The van der Waals surface area contributed by atoms with Gasteiger partial charge in [0.1, 0.15) is 0 Å². The molecular weight excluding hydrogens is 234 g/mol. The first-order chi connectivity index (χ1) is 9.00. The fraction of sp³-hybridized carbons (Fsp3) is 0.812. The molecule has 0 saturated heterocycles. The van der Waals surface area contributed by atoms with E-state index in [9.17, 15) is 0 Å². The number of aryl methyl sites for hydroxylation is 1. The van der Waals surface area contributed by atoms with Crippen molar-refractivity contribution in [1.29, 1.82) is 0 Å². The number of nitrogens with one attached hydrogen (secondary N) is 1. The fourth-order valence-corrected chi connectivity index (χ4v) is 3.19. The average molecular weight is 263 g/mol. The standard InChI is InChI=1S/C16H29N3/c1-16(2,3)15(17-4)10-9-13-11-12-19(18-13)14-7-5-6-8-14/h11-12,14-15,17H,5-10H2,1-4H3. The molecule has 1 fully saturated rings. The second-order valence-corrected chi connectivity index (χ2v) is 6.97. The summed E-state index contributed by atoms with van der Waals surface area (Å²) in [5.41, 5.74) is 1.55. The molecule has 0 radical (unpaired) electrons. The van der Waals surface area contributed by atoms with Gasteiger partial charge in [0.2, 0.25) is 0 Å². The zero-order valence-electron chi connectivity index (χ0n) is 12.9. The Morgan fingerprint density at radius 3 is 2.63 bits per heavy atom. The van der Waals surface area contributed by atoms with Crippen LogP contribution in [0.4, 0.5) is 0 Å². The fourth-order valence-electron chi connectivity index (χ4n) is 3.19. The van der Waals surface area contributed by atoms with Crippen molar-refractivity contribution in [1.82, 2.24) is 15.1 Å². The molecule has 2 rings (SSSR count). The highest BCUT2D eigenvalue weighted by atomic mass is 15.3.